The summed E-state index contributed by atoms with van der Waals surface area (Å²) in [6.45, 7) is 8.20. The van der Waals surface area contributed by atoms with E-state index in [1.165, 1.54) is 32.4 Å². The number of rotatable bonds is 4. The van der Waals surface area contributed by atoms with Gasteiger partial charge in [0.1, 0.15) is 0 Å². The third-order valence-electron chi connectivity index (χ3n) is 4.03. The van der Waals surface area contributed by atoms with Gasteiger partial charge in [0.15, 0.2) is 0 Å². The first-order valence-corrected chi connectivity index (χ1v) is 6.98. The number of carbonyl (C=O) groups is 1. The summed E-state index contributed by atoms with van der Waals surface area (Å²) >= 11 is 0. The van der Waals surface area contributed by atoms with Crippen molar-refractivity contribution in [1.29, 1.82) is 0 Å². The summed E-state index contributed by atoms with van der Waals surface area (Å²) in [6, 6.07) is 0. The number of amides is 1. The molecular weight excluding hydrogens is 214 g/mol. The van der Waals surface area contributed by atoms with Crippen molar-refractivity contribution in [3.05, 3.63) is 0 Å². The van der Waals surface area contributed by atoms with Crippen molar-refractivity contribution >= 4 is 5.91 Å². The lowest BCUT2D eigenvalue weighted by Crippen LogP contribution is -2.40. The third kappa shape index (κ3) is 3.68. The monoisotopic (exact) mass is 239 g/mol. The van der Waals surface area contributed by atoms with E-state index in [1.807, 2.05) is 0 Å². The van der Waals surface area contributed by atoms with Gasteiger partial charge in [0, 0.05) is 19.6 Å². The molecule has 2 saturated heterocycles. The van der Waals surface area contributed by atoms with E-state index in [1.54, 1.807) is 0 Å². The molecule has 4 nitrogen and oxygen atoms in total. The van der Waals surface area contributed by atoms with Gasteiger partial charge in [-0.15, -0.1) is 0 Å². The Balaban J connectivity index is 1.62. The van der Waals surface area contributed by atoms with Crippen LogP contribution in [0.4, 0.5) is 0 Å². The van der Waals surface area contributed by atoms with Crippen LogP contribution in [0.15, 0.2) is 0 Å². The molecular formula is C13H25N3O. The summed E-state index contributed by atoms with van der Waals surface area (Å²) < 4.78 is 0. The maximum atomic E-state index is 11.9. The zero-order chi connectivity index (χ0) is 12.1. The number of likely N-dealkylation sites (tertiary alicyclic amines) is 1. The van der Waals surface area contributed by atoms with Gasteiger partial charge in [0.2, 0.25) is 5.91 Å². The minimum Gasteiger partial charge on any atom is -0.355 e. The van der Waals surface area contributed by atoms with Crippen LogP contribution in [0.5, 0.6) is 0 Å². The van der Waals surface area contributed by atoms with Gasteiger partial charge < -0.3 is 15.5 Å². The molecule has 0 aromatic carbocycles. The molecule has 17 heavy (non-hydrogen) atoms. The van der Waals surface area contributed by atoms with E-state index in [0.29, 0.717) is 5.92 Å². The average molecular weight is 239 g/mol. The second kappa shape index (κ2) is 6.36. The number of piperidine rings is 1. The second-order valence-electron chi connectivity index (χ2n) is 5.44. The van der Waals surface area contributed by atoms with Gasteiger partial charge in [-0.2, -0.15) is 0 Å². The molecule has 2 unspecified atom stereocenters. The fourth-order valence-corrected chi connectivity index (χ4v) is 2.81. The topological polar surface area (TPSA) is 44.4 Å². The van der Waals surface area contributed by atoms with Crippen molar-refractivity contribution < 1.29 is 4.79 Å². The normalized spacial score (nSPS) is 30.4. The molecule has 0 spiro atoms. The first-order valence-electron chi connectivity index (χ1n) is 6.98. The summed E-state index contributed by atoms with van der Waals surface area (Å²) in [5.41, 5.74) is 0. The van der Waals surface area contributed by atoms with Gasteiger partial charge in [-0.3, -0.25) is 4.79 Å². The predicted octanol–water partition coefficient (Wildman–Crippen LogP) is 0.444. The van der Waals surface area contributed by atoms with Crippen LogP contribution in [-0.4, -0.2) is 50.1 Å². The van der Waals surface area contributed by atoms with Crippen LogP contribution >= 0.6 is 0 Å². The molecule has 4 heteroatoms. The molecule has 0 radical (unpaired) electrons. The van der Waals surface area contributed by atoms with Crippen LogP contribution in [0.2, 0.25) is 0 Å². The van der Waals surface area contributed by atoms with Crippen molar-refractivity contribution in [2.75, 3.05) is 39.3 Å². The van der Waals surface area contributed by atoms with Crippen molar-refractivity contribution in [2.45, 2.75) is 26.2 Å². The molecule has 98 valence electrons. The molecule has 2 rings (SSSR count). The lowest BCUT2D eigenvalue weighted by atomic mass is 9.97. The van der Waals surface area contributed by atoms with Gasteiger partial charge in [-0.25, -0.2) is 0 Å². The molecule has 0 aromatic rings. The number of hydrogen-bond donors (Lipinski definition) is 2. The van der Waals surface area contributed by atoms with E-state index in [4.69, 9.17) is 0 Å². The van der Waals surface area contributed by atoms with E-state index in [2.05, 4.69) is 22.5 Å². The van der Waals surface area contributed by atoms with Gasteiger partial charge in [0.05, 0.1) is 5.92 Å². The highest BCUT2D eigenvalue weighted by atomic mass is 16.1. The fourth-order valence-electron chi connectivity index (χ4n) is 2.81. The molecule has 2 aliphatic heterocycles. The predicted molar refractivity (Wildman–Crippen MR) is 68.8 cm³/mol. The van der Waals surface area contributed by atoms with E-state index >= 15 is 0 Å². The van der Waals surface area contributed by atoms with Gasteiger partial charge in [-0.05, 0) is 38.4 Å². The van der Waals surface area contributed by atoms with Crippen LogP contribution in [0.3, 0.4) is 0 Å². The molecule has 1 amide bonds. The first-order chi connectivity index (χ1) is 8.27. The van der Waals surface area contributed by atoms with Gasteiger partial charge in [-0.1, -0.05) is 13.3 Å². The van der Waals surface area contributed by atoms with Crippen LogP contribution < -0.4 is 10.6 Å². The maximum absolute atomic E-state index is 11.9. The Morgan fingerprint density at radius 1 is 1.29 bits per heavy atom. The SMILES string of the molecule is CC1CNCC1C(=O)NCCN1CCCCC1. The molecule has 2 fully saturated rings. The minimum atomic E-state index is 0.177. The van der Waals surface area contributed by atoms with Gasteiger partial charge in [0.25, 0.3) is 0 Å². The summed E-state index contributed by atoms with van der Waals surface area (Å²) in [6.07, 6.45) is 4.00. The van der Waals surface area contributed by atoms with Crippen molar-refractivity contribution in [1.82, 2.24) is 15.5 Å². The van der Waals surface area contributed by atoms with Crippen LogP contribution in [0, 0.1) is 11.8 Å². The molecule has 0 saturated carbocycles. The summed E-state index contributed by atoms with van der Waals surface area (Å²) in [5.74, 6) is 0.890. The molecule has 2 heterocycles. The lowest BCUT2D eigenvalue weighted by Gasteiger charge is -2.26. The minimum absolute atomic E-state index is 0.177. The number of hydrogen-bond acceptors (Lipinski definition) is 3. The van der Waals surface area contributed by atoms with E-state index in [9.17, 15) is 4.79 Å². The molecule has 0 aromatic heterocycles. The number of carbonyl (C=O) groups excluding carboxylic acids is 1. The highest BCUT2D eigenvalue weighted by Gasteiger charge is 2.29. The van der Waals surface area contributed by atoms with Crippen LogP contribution in [-0.2, 0) is 4.79 Å². The molecule has 2 aliphatic rings. The largest absolute Gasteiger partial charge is 0.355 e. The first kappa shape index (κ1) is 12.8. The summed E-state index contributed by atoms with van der Waals surface area (Å²) in [7, 11) is 0. The van der Waals surface area contributed by atoms with Crippen molar-refractivity contribution in [3.8, 4) is 0 Å². The standard InChI is InChI=1S/C13H25N3O/c1-11-9-14-10-12(11)13(17)15-5-8-16-6-3-2-4-7-16/h11-12,14H,2-10H2,1H3,(H,15,17). The number of nitrogens with one attached hydrogen (secondary N) is 2. The Labute approximate surface area is 104 Å². The summed E-state index contributed by atoms with van der Waals surface area (Å²) in [5, 5.41) is 6.35. The Bertz CT molecular complexity index is 251. The fraction of sp³-hybridized carbons (Fsp3) is 0.923. The molecule has 0 aliphatic carbocycles. The highest BCUT2D eigenvalue weighted by Crippen LogP contribution is 2.15. The van der Waals surface area contributed by atoms with E-state index < -0.39 is 0 Å². The molecule has 0 bridgehead atoms. The second-order valence-corrected chi connectivity index (χ2v) is 5.44. The highest BCUT2D eigenvalue weighted by molar-refractivity contribution is 5.79. The third-order valence-corrected chi connectivity index (χ3v) is 4.03. The molecule has 2 N–H and O–H groups in total. The quantitative estimate of drug-likeness (QED) is 0.748. The average Bonchev–Trinajstić information content (AvgIpc) is 2.77. The van der Waals surface area contributed by atoms with Gasteiger partial charge >= 0.3 is 0 Å². The van der Waals surface area contributed by atoms with Crippen LogP contribution in [0.25, 0.3) is 0 Å². The summed E-state index contributed by atoms with van der Waals surface area (Å²) in [4.78, 5) is 14.4. The van der Waals surface area contributed by atoms with E-state index in [-0.39, 0.29) is 11.8 Å². The molecule has 2 atom stereocenters. The Kier molecular flexibility index (Phi) is 4.80. The van der Waals surface area contributed by atoms with E-state index in [0.717, 1.165) is 26.2 Å². The zero-order valence-corrected chi connectivity index (χ0v) is 10.9. The Morgan fingerprint density at radius 3 is 2.71 bits per heavy atom. The van der Waals surface area contributed by atoms with Crippen LogP contribution in [0.1, 0.15) is 26.2 Å². The Morgan fingerprint density at radius 2 is 2.06 bits per heavy atom. The Hall–Kier alpha value is -0.610. The maximum Gasteiger partial charge on any atom is 0.224 e. The zero-order valence-electron chi connectivity index (χ0n) is 10.9. The number of nitrogens with zero attached hydrogens (tertiary/aromatic N) is 1. The lowest BCUT2D eigenvalue weighted by molar-refractivity contribution is -0.125. The van der Waals surface area contributed by atoms with Crippen molar-refractivity contribution in [3.63, 3.8) is 0 Å². The van der Waals surface area contributed by atoms with Crippen molar-refractivity contribution in [2.24, 2.45) is 11.8 Å². The smallest absolute Gasteiger partial charge is 0.224 e.